The molecule has 3 nitrogen and oxygen atoms in total. The molecule has 0 N–H and O–H groups in total. The summed E-state index contributed by atoms with van der Waals surface area (Å²) in [5.41, 5.74) is 7.95. The van der Waals surface area contributed by atoms with Crippen molar-refractivity contribution in [2.45, 2.75) is 6.92 Å². The number of rotatable bonds is 6. The van der Waals surface area contributed by atoms with Gasteiger partial charge in [-0.2, -0.15) is 0 Å². The van der Waals surface area contributed by atoms with Crippen molar-refractivity contribution in [3.05, 3.63) is 170 Å². The molecular formula is C50H32N2OS2. The lowest BCUT2D eigenvalue weighted by Crippen LogP contribution is -2.10. The minimum absolute atomic E-state index is 0.762. The van der Waals surface area contributed by atoms with E-state index in [1.807, 2.05) is 35.7 Å². The van der Waals surface area contributed by atoms with E-state index in [4.69, 9.17) is 9.40 Å². The quantitative estimate of drug-likeness (QED) is 0.159. The van der Waals surface area contributed by atoms with Crippen LogP contribution in [0.15, 0.2) is 163 Å². The van der Waals surface area contributed by atoms with Crippen molar-refractivity contribution >= 4 is 125 Å². The Bertz CT molecular complexity index is 3360. The van der Waals surface area contributed by atoms with E-state index in [1.165, 1.54) is 51.1 Å². The molecule has 0 spiro atoms. The highest BCUT2D eigenvalue weighted by atomic mass is 32.1. The van der Waals surface area contributed by atoms with Gasteiger partial charge >= 0.3 is 0 Å². The summed E-state index contributed by atoms with van der Waals surface area (Å²) in [7, 11) is 0. The number of thiophene rings is 2. The maximum Gasteiger partial charge on any atom is 0.159 e. The molecule has 4 aromatic heterocycles. The topological polar surface area (TPSA) is 29.3 Å². The molecule has 7 aromatic carbocycles. The number of para-hydroxylation sites is 2. The normalized spacial score (nSPS) is 12.1. The van der Waals surface area contributed by atoms with Gasteiger partial charge in [-0.3, -0.25) is 0 Å². The zero-order chi connectivity index (χ0) is 36.6. The minimum atomic E-state index is 0.762. The van der Waals surface area contributed by atoms with Gasteiger partial charge in [-0.1, -0.05) is 116 Å². The zero-order valence-corrected chi connectivity index (χ0v) is 31.5. The number of hydrogen-bond acceptors (Lipinski definition) is 5. The van der Waals surface area contributed by atoms with Crippen LogP contribution in [0.2, 0.25) is 0 Å². The molecule has 0 saturated heterocycles. The van der Waals surface area contributed by atoms with E-state index < -0.39 is 0 Å². The van der Waals surface area contributed by atoms with E-state index in [0.717, 1.165) is 61.5 Å². The fraction of sp³-hybridized carbons (Fsp3) is 0.0200. The van der Waals surface area contributed by atoms with Gasteiger partial charge in [0, 0.05) is 84.4 Å². The average molecular weight is 741 g/mol. The first-order chi connectivity index (χ1) is 27.2. The summed E-state index contributed by atoms with van der Waals surface area (Å²) in [5, 5.41) is 9.80. The van der Waals surface area contributed by atoms with Gasteiger partial charge in [0.25, 0.3) is 0 Å². The molecule has 0 amide bonds. The highest BCUT2D eigenvalue weighted by molar-refractivity contribution is 7.27. The van der Waals surface area contributed by atoms with Gasteiger partial charge in [0.1, 0.15) is 5.76 Å². The first-order valence-electron chi connectivity index (χ1n) is 18.4. The number of benzene rings is 7. The summed E-state index contributed by atoms with van der Waals surface area (Å²) in [6, 6.07) is 52.5. The number of anilines is 3. The van der Waals surface area contributed by atoms with E-state index in [0.29, 0.717) is 0 Å². The molecule has 0 bridgehead atoms. The Labute approximate surface area is 325 Å². The van der Waals surface area contributed by atoms with E-state index in [2.05, 4.69) is 163 Å². The van der Waals surface area contributed by atoms with Crippen LogP contribution in [0.4, 0.5) is 17.1 Å². The number of pyridine rings is 1. The Morgan fingerprint density at radius 3 is 2.05 bits per heavy atom. The highest BCUT2D eigenvalue weighted by Crippen LogP contribution is 2.46. The van der Waals surface area contributed by atoms with Crippen molar-refractivity contribution < 1.29 is 4.42 Å². The van der Waals surface area contributed by atoms with Gasteiger partial charge in [0.15, 0.2) is 5.58 Å². The Balaban J connectivity index is 1.12. The Hall–Kier alpha value is -6.53. The van der Waals surface area contributed by atoms with Crippen LogP contribution < -0.4 is 4.90 Å². The molecule has 0 unspecified atom stereocenters. The monoisotopic (exact) mass is 740 g/mol. The fourth-order valence-corrected chi connectivity index (χ4v) is 10.7. The van der Waals surface area contributed by atoms with Gasteiger partial charge in [0.05, 0.1) is 16.9 Å². The summed E-state index contributed by atoms with van der Waals surface area (Å²) >= 11 is 3.70. The second kappa shape index (κ2) is 12.5. The van der Waals surface area contributed by atoms with Gasteiger partial charge in [0.2, 0.25) is 0 Å². The molecule has 0 aliphatic carbocycles. The number of hydrogen-bond donors (Lipinski definition) is 0. The third-order valence-corrected chi connectivity index (χ3v) is 13.1. The lowest BCUT2D eigenvalue weighted by atomic mass is 9.98. The predicted octanol–water partition coefficient (Wildman–Crippen LogP) is 15.7. The van der Waals surface area contributed by atoms with E-state index >= 15 is 0 Å². The first-order valence-corrected chi connectivity index (χ1v) is 20.1. The number of allylic oxidation sites excluding steroid dienone is 1. The first kappa shape index (κ1) is 31.9. The summed E-state index contributed by atoms with van der Waals surface area (Å²) in [6.07, 6.45) is 5.95. The van der Waals surface area contributed by atoms with Gasteiger partial charge in [-0.15, -0.1) is 22.7 Å². The molecule has 4 heterocycles. The second-order valence-electron chi connectivity index (χ2n) is 13.8. The van der Waals surface area contributed by atoms with Crippen LogP contribution in [0, 0.1) is 0 Å². The van der Waals surface area contributed by atoms with Crippen molar-refractivity contribution in [2.24, 2.45) is 0 Å². The largest absolute Gasteiger partial charge is 0.454 e. The maximum absolute atomic E-state index is 6.61. The van der Waals surface area contributed by atoms with E-state index in [-0.39, 0.29) is 0 Å². The molecule has 0 aliphatic rings. The number of fused-ring (bicyclic) bond motifs is 11. The van der Waals surface area contributed by atoms with E-state index in [9.17, 15) is 0 Å². The maximum atomic E-state index is 6.61. The summed E-state index contributed by atoms with van der Waals surface area (Å²) < 4.78 is 11.7. The molecule has 11 rings (SSSR count). The van der Waals surface area contributed by atoms with Crippen molar-refractivity contribution in [3.63, 3.8) is 0 Å². The van der Waals surface area contributed by atoms with Crippen LogP contribution in [-0.2, 0) is 0 Å². The van der Waals surface area contributed by atoms with Crippen molar-refractivity contribution in [3.8, 4) is 11.3 Å². The summed E-state index contributed by atoms with van der Waals surface area (Å²) in [5.74, 6) is 0.762. The van der Waals surface area contributed by atoms with E-state index in [1.54, 1.807) is 6.08 Å². The smallest absolute Gasteiger partial charge is 0.159 e. The lowest BCUT2D eigenvalue weighted by Gasteiger charge is -2.26. The Morgan fingerprint density at radius 1 is 0.600 bits per heavy atom. The highest BCUT2D eigenvalue weighted by Gasteiger charge is 2.22. The predicted molar refractivity (Wildman–Crippen MR) is 240 cm³/mol. The molecule has 0 atom stereocenters. The molecule has 0 fully saturated rings. The number of furan rings is 1. The SMILES string of the molecule is C=Cc1oc2c(N(c3ccc(-c4nc5ccccc5c5c4ccc4c6ccccc6sc45)cc3)c3ccc4c(c3)sc3ccccc34)cccc2c1/C=C\C. The van der Waals surface area contributed by atoms with Crippen molar-refractivity contribution in [1.82, 2.24) is 4.98 Å². The Morgan fingerprint density at radius 2 is 1.25 bits per heavy atom. The molecule has 5 heteroatoms. The molecule has 0 saturated carbocycles. The summed E-state index contributed by atoms with van der Waals surface area (Å²) in [6.45, 7) is 6.11. The van der Waals surface area contributed by atoms with Crippen LogP contribution in [0.25, 0.3) is 96.4 Å². The Kier molecular flexibility index (Phi) is 7.28. The van der Waals surface area contributed by atoms with Crippen LogP contribution in [0.5, 0.6) is 0 Å². The average Bonchev–Trinajstić information content (AvgIpc) is 3.92. The summed E-state index contributed by atoms with van der Waals surface area (Å²) in [4.78, 5) is 7.64. The van der Waals surface area contributed by atoms with Crippen LogP contribution in [0.3, 0.4) is 0 Å². The van der Waals surface area contributed by atoms with Gasteiger partial charge in [-0.25, -0.2) is 4.98 Å². The molecule has 11 aromatic rings. The molecule has 0 aliphatic heterocycles. The molecule has 0 radical (unpaired) electrons. The number of aromatic nitrogens is 1. The standard InChI is InChI=1S/C50H32N2OS2/c1-3-12-33-37-16-11-18-42(49(37)53-43(33)4-2)52(32-25-26-36-34-13-6-9-19-44(34)54-46(36)29-32)31-23-21-30(22-24-31)48-40-28-27-38-35-14-7-10-20-45(35)55-50(38)47(40)39-15-5-8-17-41(39)51-48/h3-29H,2H2,1H3/b12-3-. The van der Waals surface area contributed by atoms with Crippen molar-refractivity contribution in [2.75, 3.05) is 4.90 Å². The van der Waals surface area contributed by atoms with Gasteiger partial charge in [-0.05, 0) is 61.5 Å². The third kappa shape index (κ3) is 4.90. The fourth-order valence-electron chi connectivity index (χ4n) is 8.29. The molecular weight excluding hydrogens is 709 g/mol. The van der Waals surface area contributed by atoms with Crippen LogP contribution in [0.1, 0.15) is 18.2 Å². The van der Waals surface area contributed by atoms with Crippen molar-refractivity contribution in [1.29, 1.82) is 0 Å². The molecule has 55 heavy (non-hydrogen) atoms. The number of nitrogens with zero attached hydrogens (tertiary/aromatic N) is 2. The minimum Gasteiger partial charge on any atom is -0.454 e. The van der Waals surface area contributed by atoms with Gasteiger partial charge < -0.3 is 9.32 Å². The second-order valence-corrected chi connectivity index (χ2v) is 16.0. The zero-order valence-electron chi connectivity index (χ0n) is 29.9. The lowest BCUT2D eigenvalue weighted by molar-refractivity contribution is 0.604. The van der Waals surface area contributed by atoms with Crippen LogP contribution in [-0.4, -0.2) is 4.98 Å². The third-order valence-electron chi connectivity index (χ3n) is 10.7. The van der Waals surface area contributed by atoms with Crippen LogP contribution >= 0.6 is 22.7 Å². The molecule has 260 valence electrons.